The van der Waals surface area contributed by atoms with Crippen molar-refractivity contribution in [2.75, 3.05) is 20.2 Å². The van der Waals surface area contributed by atoms with E-state index in [1.165, 1.54) is 32.8 Å². The van der Waals surface area contributed by atoms with Crippen molar-refractivity contribution >= 4 is 5.97 Å². The summed E-state index contributed by atoms with van der Waals surface area (Å²) < 4.78 is 4.68. The average Bonchev–Trinajstić information content (AvgIpc) is 2.45. The number of hydrogen-bond donors (Lipinski definition) is 0. The zero-order valence-electron chi connectivity index (χ0n) is 9.29. The van der Waals surface area contributed by atoms with Crippen LogP contribution in [-0.2, 0) is 9.53 Å². The summed E-state index contributed by atoms with van der Waals surface area (Å²) >= 11 is 0. The van der Waals surface area contributed by atoms with Gasteiger partial charge in [-0.1, -0.05) is 12.8 Å². The van der Waals surface area contributed by atoms with Gasteiger partial charge in [0, 0.05) is 6.04 Å². The molecular weight excluding hydrogens is 178 g/mol. The van der Waals surface area contributed by atoms with E-state index in [2.05, 4.69) is 16.6 Å². The highest BCUT2D eigenvalue weighted by atomic mass is 16.5. The molecule has 0 amide bonds. The molecule has 14 heavy (non-hydrogen) atoms. The molecule has 1 aliphatic rings. The molecule has 0 N–H and O–H groups in total. The van der Waals surface area contributed by atoms with E-state index >= 15 is 0 Å². The highest BCUT2D eigenvalue weighted by Crippen LogP contribution is 2.14. The van der Waals surface area contributed by atoms with Gasteiger partial charge in [0.1, 0.15) is 0 Å². The number of nitrogens with zero attached hydrogens (tertiary/aromatic N) is 1. The monoisotopic (exact) mass is 199 g/mol. The Morgan fingerprint density at radius 2 is 1.86 bits per heavy atom. The topological polar surface area (TPSA) is 29.5 Å². The van der Waals surface area contributed by atoms with E-state index in [0.717, 1.165) is 13.1 Å². The lowest BCUT2D eigenvalue weighted by Crippen LogP contribution is -2.35. The molecule has 3 heteroatoms. The number of likely N-dealkylation sites (tertiary alicyclic amines) is 1. The van der Waals surface area contributed by atoms with Gasteiger partial charge in [0.05, 0.1) is 13.5 Å². The van der Waals surface area contributed by atoms with E-state index < -0.39 is 0 Å². The summed E-state index contributed by atoms with van der Waals surface area (Å²) in [4.78, 5) is 13.5. The second-order valence-electron chi connectivity index (χ2n) is 4.08. The molecule has 3 nitrogen and oxygen atoms in total. The highest BCUT2D eigenvalue weighted by molar-refractivity contribution is 5.69. The van der Waals surface area contributed by atoms with Gasteiger partial charge in [-0.25, -0.2) is 0 Å². The summed E-state index contributed by atoms with van der Waals surface area (Å²) in [6.45, 7) is 4.39. The molecule has 1 fully saturated rings. The summed E-state index contributed by atoms with van der Waals surface area (Å²) in [5.41, 5.74) is 0. The van der Waals surface area contributed by atoms with Crippen molar-refractivity contribution in [2.24, 2.45) is 0 Å². The quantitative estimate of drug-likeness (QED) is 0.649. The Morgan fingerprint density at radius 3 is 2.36 bits per heavy atom. The number of ether oxygens (including phenoxy) is 1. The van der Waals surface area contributed by atoms with Crippen LogP contribution in [-0.4, -0.2) is 37.1 Å². The lowest BCUT2D eigenvalue weighted by atomic mass is 10.2. The van der Waals surface area contributed by atoms with Crippen LogP contribution in [0.1, 0.15) is 39.0 Å². The van der Waals surface area contributed by atoms with Crippen molar-refractivity contribution in [3.05, 3.63) is 0 Å². The molecule has 82 valence electrons. The Bertz CT molecular complexity index is 174. The van der Waals surface area contributed by atoms with E-state index in [0.29, 0.717) is 12.5 Å². The largest absolute Gasteiger partial charge is 0.469 e. The second-order valence-corrected chi connectivity index (χ2v) is 4.08. The average molecular weight is 199 g/mol. The van der Waals surface area contributed by atoms with Gasteiger partial charge < -0.3 is 9.64 Å². The predicted molar refractivity (Wildman–Crippen MR) is 56.1 cm³/mol. The summed E-state index contributed by atoms with van der Waals surface area (Å²) in [7, 11) is 1.46. The minimum atomic E-state index is -0.0956. The standard InChI is InChI=1S/C11H21NO2/c1-10(9-11(13)14-2)12-7-5-3-4-6-8-12/h10H,3-9H2,1-2H3. The first-order valence-corrected chi connectivity index (χ1v) is 5.55. The molecule has 0 aromatic carbocycles. The first-order valence-electron chi connectivity index (χ1n) is 5.55. The molecule has 1 aliphatic heterocycles. The zero-order valence-corrected chi connectivity index (χ0v) is 9.29. The number of methoxy groups -OCH3 is 1. The van der Waals surface area contributed by atoms with Crippen LogP contribution in [0.15, 0.2) is 0 Å². The third kappa shape index (κ3) is 3.66. The van der Waals surface area contributed by atoms with Gasteiger partial charge >= 0.3 is 5.97 Å². The molecule has 0 spiro atoms. The maximum atomic E-state index is 11.1. The van der Waals surface area contributed by atoms with E-state index in [1.807, 2.05) is 0 Å². The Balaban J connectivity index is 2.33. The summed E-state index contributed by atoms with van der Waals surface area (Å²) in [6.07, 6.45) is 5.73. The fourth-order valence-electron chi connectivity index (χ4n) is 1.99. The summed E-state index contributed by atoms with van der Waals surface area (Å²) in [5, 5.41) is 0. The van der Waals surface area contributed by atoms with Gasteiger partial charge in [-0.05, 0) is 32.9 Å². The molecule has 1 rings (SSSR count). The molecular formula is C11H21NO2. The van der Waals surface area contributed by atoms with Gasteiger partial charge in [-0.3, -0.25) is 4.79 Å². The van der Waals surface area contributed by atoms with Crippen LogP contribution in [0.4, 0.5) is 0 Å². The van der Waals surface area contributed by atoms with Crippen LogP contribution in [0, 0.1) is 0 Å². The van der Waals surface area contributed by atoms with E-state index in [-0.39, 0.29) is 5.97 Å². The lowest BCUT2D eigenvalue weighted by Gasteiger charge is -2.26. The third-order valence-corrected chi connectivity index (χ3v) is 2.95. The van der Waals surface area contributed by atoms with Crippen molar-refractivity contribution in [2.45, 2.75) is 45.1 Å². The highest BCUT2D eigenvalue weighted by Gasteiger charge is 2.18. The Hall–Kier alpha value is -0.570. The van der Waals surface area contributed by atoms with Gasteiger partial charge in [-0.2, -0.15) is 0 Å². The molecule has 1 unspecified atom stereocenters. The predicted octanol–water partition coefficient (Wildman–Crippen LogP) is 1.81. The first-order chi connectivity index (χ1) is 6.74. The smallest absolute Gasteiger partial charge is 0.307 e. The maximum Gasteiger partial charge on any atom is 0.307 e. The van der Waals surface area contributed by atoms with Crippen LogP contribution in [0.25, 0.3) is 0 Å². The number of rotatable bonds is 3. The van der Waals surface area contributed by atoms with Gasteiger partial charge in [0.25, 0.3) is 0 Å². The molecule has 0 saturated carbocycles. The zero-order chi connectivity index (χ0) is 10.4. The number of carbonyl (C=O) groups is 1. The SMILES string of the molecule is COC(=O)CC(C)N1CCCCCC1. The van der Waals surface area contributed by atoms with Crippen LogP contribution < -0.4 is 0 Å². The molecule has 0 aliphatic carbocycles. The third-order valence-electron chi connectivity index (χ3n) is 2.95. The first kappa shape index (κ1) is 11.5. The van der Waals surface area contributed by atoms with Crippen LogP contribution >= 0.6 is 0 Å². The second kappa shape index (κ2) is 6.02. The number of hydrogen-bond acceptors (Lipinski definition) is 3. The molecule has 1 atom stereocenters. The van der Waals surface area contributed by atoms with Crippen molar-refractivity contribution in [1.82, 2.24) is 4.90 Å². The number of esters is 1. The number of carbonyl (C=O) groups excluding carboxylic acids is 1. The lowest BCUT2D eigenvalue weighted by molar-refractivity contribution is -0.141. The molecule has 1 saturated heterocycles. The fourth-order valence-corrected chi connectivity index (χ4v) is 1.99. The van der Waals surface area contributed by atoms with Crippen LogP contribution in [0.2, 0.25) is 0 Å². The van der Waals surface area contributed by atoms with E-state index in [4.69, 9.17) is 0 Å². The van der Waals surface area contributed by atoms with E-state index in [9.17, 15) is 4.79 Å². The molecule has 0 radical (unpaired) electrons. The molecule has 0 aromatic rings. The Kier molecular flexibility index (Phi) is 4.94. The van der Waals surface area contributed by atoms with Crippen LogP contribution in [0.3, 0.4) is 0 Å². The van der Waals surface area contributed by atoms with E-state index in [1.54, 1.807) is 0 Å². The van der Waals surface area contributed by atoms with Crippen molar-refractivity contribution in [3.8, 4) is 0 Å². The van der Waals surface area contributed by atoms with Gasteiger partial charge in [-0.15, -0.1) is 0 Å². The summed E-state index contributed by atoms with van der Waals surface area (Å²) in [6, 6.07) is 0.334. The maximum absolute atomic E-state index is 11.1. The Morgan fingerprint density at radius 1 is 1.29 bits per heavy atom. The Labute approximate surface area is 86.4 Å². The minimum Gasteiger partial charge on any atom is -0.469 e. The van der Waals surface area contributed by atoms with Crippen molar-refractivity contribution < 1.29 is 9.53 Å². The van der Waals surface area contributed by atoms with Gasteiger partial charge in [0.2, 0.25) is 0 Å². The normalized spacial score (nSPS) is 21.3. The van der Waals surface area contributed by atoms with Crippen molar-refractivity contribution in [1.29, 1.82) is 0 Å². The minimum absolute atomic E-state index is 0.0956. The van der Waals surface area contributed by atoms with Crippen LogP contribution in [0.5, 0.6) is 0 Å². The fraction of sp³-hybridized carbons (Fsp3) is 0.909. The summed E-state index contributed by atoms with van der Waals surface area (Å²) in [5.74, 6) is -0.0956. The van der Waals surface area contributed by atoms with Crippen molar-refractivity contribution in [3.63, 3.8) is 0 Å². The molecule has 1 heterocycles. The molecule has 0 aromatic heterocycles. The van der Waals surface area contributed by atoms with Gasteiger partial charge in [0.15, 0.2) is 0 Å². The molecule has 0 bridgehead atoms.